The van der Waals surface area contributed by atoms with E-state index in [-0.39, 0.29) is 10.6 Å². The van der Waals surface area contributed by atoms with Crippen molar-refractivity contribution in [3.8, 4) is 16.5 Å². The van der Waals surface area contributed by atoms with Crippen molar-refractivity contribution in [1.82, 2.24) is 9.97 Å². The minimum Gasteiger partial charge on any atom is -0.416 e. The number of thiazole rings is 1. The average Bonchev–Trinajstić information content (AvgIpc) is 2.72. The van der Waals surface area contributed by atoms with E-state index >= 15 is 0 Å². The molecule has 0 aliphatic carbocycles. The number of aromatic nitrogens is 2. The quantitative estimate of drug-likeness (QED) is 0.811. The van der Waals surface area contributed by atoms with E-state index in [1.54, 1.807) is 6.92 Å². The largest absolute Gasteiger partial charge is 0.416 e. The van der Waals surface area contributed by atoms with Crippen molar-refractivity contribution in [1.29, 1.82) is 0 Å². The van der Waals surface area contributed by atoms with Crippen molar-refractivity contribution in [3.63, 3.8) is 0 Å². The average molecular weight is 288 g/mol. The van der Waals surface area contributed by atoms with Gasteiger partial charge in [0.2, 0.25) is 5.88 Å². The van der Waals surface area contributed by atoms with Gasteiger partial charge < -0.3 is 4.74 Å². The topological polar surface area (TPSA) is 52.1 Å². The third kappa shape index (κ3) is 2.90. The number of hydrogen-bond donors (Lipinski definition) is 0. The smallest absolute Gasteiger partial charge is 0.388 e. The van der Waals surface area contributed by atoms with E-state index in [1.165, 1.54) is 0 Å². The zero-order valence-electron chi connectivity index (χ0n) is 9.56. The SMILES string of the molecule is Cc1nc(-c2cc(F)cnc2OC(F)F)sc1C=O. The second-order valence-electron chi connectivity index (χ2n) is 3.47. The molecular formula is C11H7F3N2O2S. The highest BCUT2D eigenvalue weighted by Gasteiger charge is 2.18. The van der Waals surface area contributed by atoms with Crippen molar-refractivity contribution >= 4 is 17.6 Å². The molecule has 19 heavy (non-hydrogen) atoms. The monoisotopic (exact) mass is 288 g/mol. The first kappa shape index (κ1) is 13.5. The summed E-state index contributed by atoms with van der Waals surface area (Å²) in [5, 5.41) is 0.197. The number of halogens is 3. The lowest BCUT2D eigenvalue weighted by atomic mass is 10.3. The van der Waals surface area contributed by atoms with Crippen molar-refractivity contribution in [2.75, 3.05) is 0 Å². The zero-order chi connectivity index (χ0) is 14.0. The Bertz CT molecular complexity index is 616. The van der Waals surface area contributed by atoms with Gasteiger partial charge in [0.1, 0.15) is 10.8 Å². The molecule has 0 amide bonds. The van der Waals surface area contributed by atoms with Crippen LogP contribution in [0.1, 0.15) is 15.4 Å². The molecule has 0 atom stereocenters. The van der Waals surface area contributed by atoms with Crippen molar-refractivity contribution in [2.24, 2.45) is 0 Å². The van der Waals surface area contributed by atoms with Crippen LogP contribution < -0.4 is 4.74 Å². The summed E-state index contributed by atoms with van der Waals surface area (Å²) < 4.78 is 41.8. The zero-order valence-corrected chi connectivity index (χ0v) is 10.4. The summed E-state index contributed by atoms with van der Waals surface area (Å²) >= 11 is 0.952. The minimum absolute atomic E-state index is 0.0125. The van der Waals surface area contributed by atoms with Crippen LogP contribution >= 0.6 is 11.3 Å². The van der Waals surface area contributed by atoms with E-state index < -0.39 is 18.3 Å². The number of rotatable bonds is 4. The van der Waals surface area contributed by atoms with Gasteiger partial charge in [-0.3, -0.25) is 4.79 Å². The van der Waals surface area contributed by atoms with Crippen LogP contribution in [0.5, 0.6) is 5.88 Å². The molecule has 0 spiro atoms. The number of alkyl halides is 2. The summed E-state index contributed by atoms with van der Waals surface area (Å²) in [6, 6.07) is 0.984. The predicted octanol–water partition coefficient (Wildman–Crippen LogP) is 3.07. The summed E-state index contributed by atoms with van der Waals surface area (Å²) in [5.41, 5.74) is 0.420. The molecule has 4 nitrogen and oxygen atoms in total. The van der Waals surface area contributed by atoms with E-state index in [0.29, 0.717) is 16.9 Å². The lowest BCUT2D eigenvalue weighted by Gasteiger charge is -2.07. The fourth-order valence-electron chi connectivity index (χ4n) is 1.39. The van der Waals surface area contributed by atoms with Crippen LogP contribution in [-0.2, 0) is 0 Å². The number of nitrogens with zero attached hydrogens (tertiary/aromatic N) is 2. The summed E-state index contributed by atoms with van der Waals surface area (Å²) in [5.74, 6) is -1.14. The molecule has 0 aliphatic heterocycles. The third-order valence-corrected chi connectivity index (χ3v) is 3.30. The Hall–Kier alpha value is -1.96. The first-order chi connectivity index (χ1) is 9.01. The maximum atomic E-state index is 13.2. The van der Waals surface area contributed by atoms with Crippen LogP contribution in [-0.4, -0.2) is 22.9 Å². The number of aryl methyl sites for hydroxylation is 1. The predicted molar refractivity (Wildman–Crippen MR) is 62.1 cm³/mol. The van der Waals surface area contributed by atoms with Gasteiger partial charge in [0, 0.05) is 0 Å². The van der Waals surface area contributed by atoms with Crippen molar-refractivity contribution < 1.29 is 22.7 Å². The van der Waals surface area contributed by atoms with E-state index in [2.05, 4.69) is 14.7 Å². The Morgan fingerprint density at radius 2 is 2.21 bits per heavy atom. The lowest BCUT2D eigenvalue weighted by molar-refractivity contribution is -0.0525. The third-order valence-electron chi connectivity index (χ3n) is 2.19. The molecule has 0 fully saturated rings. The van der Waals surface area contributed by atoms with Gasteiger partial charge in [-0.25, -0.2) is 14.4 Å². The summed E-state index contributed by atoms with van der Waals surface area (Å²) in [4.78, 5) is 18.5. The Morgan fingerprint density at radius 3 is 2.79 bits per heavy atom. The standard InChI is InChI=1S/C11H7F3N2O2S/c1-5-8(4-17)19-10(16-5)7-2-6(12)3-15-9(7)18-11(13)14/h2-4,11H,1H3. The number of carbonyl (C=O) groups excluding carboxylic acids is 1. The van der Waals surface area contributed by atoms with Crippen LogP contribution in [0.4, 0.5) is 13.2 Å². The van der Waals surface area contributed by atoms with Crippen LogP contribution in [0, 0.1) is 12.7 Å². The van der Waals surface area contributed by atoms with E-state index in [9.17, 15) is 18.0 Å². The number of pyridine rings is 1. The minimum atomic E-state index is -3.08. The molecule has 0 aliphatic rings. The first-order valence-corrected chi connectivity index (χ1v) is 5.86. The van der Waals surface area contributed by atoms with Crippen LogP contribution in [0.2, 0.25) is 0 Å². The molecule has 2 aromatic heterocycles. The fraction of sp³-hybridized carbons (Fsp3) is 0.182. The van der Waals surface area contributed by atoms with E-state index in [4.69, 9.17) is 0 Å². The fourth-order valence-corrected chi connectivity index (χ4v) is 2.28. The van der Waals surface area contributed by atoms with Gasteiger partial charge in [-0.2, -0.15) is 8.78 Å². The lowest BCUT2D eigenvalue weighted by Crippen LogP contribution is -2.05. The molecule has 2 heterocycles. The molecule has 2 aromatic rings. The van der Waals surface area contributed by atoms with Gasteiger partial charge >= 0.3 is 6.61 Å². The molecule has 0 radical (unpaired) electrons. The summed E-state index contributed by atoms with van der Waals surface area (Å²) in [6.07, 6.45) is 1.36. The Balaban J connectivity index is 2.52. The normalized spacial score (nSPS) is 10.8. The molecule has 8 heteroatoms. The van der Waals surface area contributed by atoms with Gasteiger partial charge in [0.25, 0.3) is 0 Å². The van der Waals surface area contributed by atoms with Gasteiger partial charge in [-0.1, -0.05) is 0 Å². The first-order valence-electron chi connectivity index (χ1n) is 5.04. The van der Waals surface area contributed by atoms with E-state index in [1.807, 2.05) is 0 Å². The molecule has 0 saturated heterocycles. The number of ether oxygens (including phenoxy) is 1. The van der Waals surface area contributed by atoms with Gasteiger partial charge in [0.05, 0.1) is 22.3 Å². The Labute approximate surface area is 109 Å². The Morgan fingerprint density at radius 1 is 1.47 bits per heavy atom. The molecule has 0 unspecified atom stereocenters. The molecule has 0 saturated carbocycles. The molecule has 2 rings (SSSR count). The highest BCUT2D eigenvalue weighted by Crippen LogP contribution is 2.33. The molecular weight excluding hydrogens is 281 g/mol. The van der Waals surface area contributed by atoms with Crippen molar-refractivity contribution in [3.05, 3.63) is 28.7 Å². The van der Waals surface area contributed by atoms with E-state index in [0.717, 1.165) is 23.6 Å². The molecule has 0 N–H and O–H groups in total. The number of carbonyl (C=O) groups is 1. The number of hydrogen-bond acceptors (Lipinski definition) is 5. The van der Waals surface area contributed by atoms with Gasteiger partial charge in [-0.05, 0) is 13.0 Å². The Kier molecular flexibility index (Phi) is 3.79. The highest BCUT2D eigenvalue weighted by molar-refractivity contribution is 7.16. The molecule has 100 valence electrons. The van der Waals surface area contributed by atoms with Crippen molar-refractivity contribution in [2.45, 2.75) is 13.5 Å². The van der Waals surface area contributed by atoms with Crippen LogP contribution in [0.3, 0.4) is 0 Å². The van der Waals surface area contributed by atoms with Gasteiger partial charge in [0.15, 0.2) is 6.29 Å². The summed E-state index contributed by atoms with van der Waals surface area (Å²) in [6.45, 7) is -1.49. The second-order valence-corrected chi connectivity index (χ2v) is 4.50. The maximum Gasteiger partial charge on any atom is 0.388 e. The number of aldehydes is 1. The molecule has 0 bridgehead atoms. The summed E-state index contributed by atoms with van der Waals surface area (Å²) in [7, 11) is 0. The van der Waals surface area contributed by atoms with Gasteiger partial charge in [-0.15, -0.1) is 11.3 Å². The van der Waals surface area contributed by atoms with Crippen LogP contribution in [0.25, 0.3) is 10.6 Å². The highest BCUT2D eigenvalue weighted by atomic mass is 32.1. The molecule has 0 aromatic carbocycles. The second kappa shape index (κ2) is 5.35. The van der Waals surface area contributed by atoms with Crippen LogP contribution in [0.15, 0.2) is 12.3 Å². The maximum absolute atomic E-state index is 13.2.